The molecule has 0 aliphatic heterocycles. The number of methoxy groups -OCH3 is 1. The Bertz CT molecular complexity index is 427. The lowest BCUT2D eigenvalue weighted by molar-refractivity contribution is 0.0686. The van der Waals surface area contributed by atoms with Crippen LogP contribution in [0.4, 0.5) is 0 Å². The Balaban J connectivity index is 2.17. The quantitative estimate of drug-likeness (QED) is 0.637. The van der Waals surface area contributed by atoms with Crippen LogP contribution in [0.5, 0.6) is 0 Å². The van der Waals surface area contributed by atoms with E-state index in [2.05, 4.69) is 37.2 Å². The molecule has 0 aromatic heterocycles. The number of carbonyl (C=O) groups excluding carboxylic acids is 1. The van der Waals surface area contributed by atoms with Crippen molar-refractivity contribution in [2.24, 2.45) is 0 Å². The Labute approximate surface area is 136 Å². The number of hydrogen-bond acceptors (Lipinski definition) is 3. The van der Waals surface area contributed by atoms with Crippen molar-refractivity contribution in [3.63, 3.8) is 0 Å². The summed E-state index contributed by atoms with van der Waals surface area (Å²) in [5.41, 5.74) is 0.643. The maximum absolute atomic E-state index is 11.9. The molecule has 0 atom stereocenters. The lowest BCUT2D eigenvalue weighted by Gasteiger charge is -2.07. The molecule has 6 heteroatoms. The highest BCUT2D eigenvalue weighted by molar-refractivity contribution is 9.11. The monoisotopic (exact) mass is 407 g/mol. The SMILES string of the molecule is COCCOCCCCNC(=O)c1ccc(Br)cc1Br. The van der Waals surface area contributed by atoms with Gasteiger partial charge in [-0.15, -0.1) is 0 Å². The predicted octanol–water partition coefficient (Wildman–Crippen LogP) is 3.38. The number of rotatable bonds is 9. The third-order valence-electron chi connectivity index (χ3n) is 2.61. The van der Waals surface area contributed by atoms with Gasteiger partial charge in [0, 0.05) is 29.2 Å². The van der Waals surface area contributed by atoms with E-state index in [0.29, 0.717) is 31.9 Å². The van der Waals surface area contributed by atoms with Crippen molar-refractivity contribution < 1.29 is 14.3 Å². The molecule has 0 aliphatic rings. The van der Waals surface area contributed by atoms with Gasteiger partial charge in [-0.1, -0.05) is 15.9 Å². The number of hydrogen-bond donors (Lipinski definition) is 1. The molecule has 1 aromatic rings. The third-order valence-corrected chi connectivity index (χ3v) is 3.76. The normalized spacial score (nSPS) is 10.6. The molecule has 0 saturated carbocycles. The summed E-state index contributed by atoms with van der Waals surface area (Å²) in [6.45, 7) is 2.58. The van der Waals surface area contributed by atoms with Crippen molar-refractivity contribution in [2.45, 2.75) is 12.8 Å². The highest BCUT2D eigenvalue weighted by Gasteiger charge is 2.09. The molecule has 20 heavy (non-hydrogen) atoms. The molecular weight excluding hydrogens is 390 g/mol. The molecule has 1 N–H and O–H groups in total. The first-order valence-electron chi connectivity index (χ1n) is 6.45. The number of halogens is 2. The van der Waals surface area contributed by atoms with Gasteiger partial charge >= 0.3 is 0 Å². The fourth-order valence-electron chi connectivity index (χ4n) is 1.54. The number of carbonyl (C=O) groups is 1. The summed E-state index contributed by atoms with van der Waals surface area (Å²) in [6, 6.07) is 5.50. The molecular formula is C14H19Br2NO3. The van der Waals surface area contributed by atoms with Gasteiger partial charge in [0.25, 0.3) is 5.91 Å². The highest BCUT2D eigenvalue weighted by atomic mass is 79.9. The average molecular weight is 409 g/mol. The van der Waals surface area contributed by atoms with Crippen molar-refractivity contribution in [2.75, 3.05) is 33.5 Å². The zero-order chi connectivity index (χ0) is 14.8. The number of benzene rings is 1. The minimum atomic E-state index is -0.0651. The fraction of sp³-hybridized carbons (Fsp3) is 0.500. The second kappa shape index (κ2) is 10.3. The molecule has 112 valence electrons. The predicted molar refractivity (Wildman–Crippen MR) is 86.1 cm³/mol. The third kappa shape index (κ3) is 6.83. The van der Waals surface area contributed by atoms with E-state index in [1.165, 1.54) is 0 Å². The number of amides is 1. The van der Waals surface area contributed by atoms with Gasteiger partial charge < -0.3 is 14.8 Å². The summed E-state index contributed by atoms with van der Waals surface area (Å²) in [4.78, 5) is 11.9. The standard InChI is InChI=1S/C14H19Br2NO3/c1-19-8-9-20-7-3-2-6-17-14(18)12-5-4-11(15)10-13(12)16/h4-5,10H,2-3,6-9H2,1H3,(H,17,18). The van der Waals surface area contributed by atoms with Crippen molar-refractivity contribution in [1.29, 1.82) is 0 Å². The molecule has 0 bridgehead atoms. The maximum Gasteiger partial charge on any atom is 0.252 e. The Morgan fingerprint density at radius 1 is 1.20 bits per heavy atom. The Kier molecular flexibility index (Phi) is 9.09. The van der Waals surface area contributed by atoms with Crippen LogP contribution in [-0.4, -0.2) is 39.4 Å². The van der Waals surface area contributed by atoms with Crippen molar-refractivity contribution in [1.82, 2.24) is 5.32 Å². The van der Waals surface area contributed by atoms with Crippen molar-refractivity contribution in [3.8, 4) is 0 Å². The molecule has 0 spiro atoms. The van der Waals surface area contributed by atoms with Gasteiger partial charge in [0.2, 0.25) is 0 Å². The van der Waals surface area contributed by atoms with Gasteiger partial charge in [-0.2, -0.15) is 0 Å². The molecule has 1 rings (SSSR count). The van der Waals surface area contributed by atoms with Crippen LogP contribution in [0.2, 0.25) is 0 Å². The Morgan fingerprint density at radius 3 is 2.70 bits per heavy atom. The van der Waals surface area contributed by atoms with E-state index >= 15 is 0 Å². The van der Waals surface area contributed by atoms with E-state index in [9.17, 15) is 4.79 Å². The van der Waals surface area contributed by atoms with Crippen LogP contribution in [0.25, 0.3) is 0 Å². The smallest absolute Gasteiger partial charge is 0.252 e. The molecule has 0 saturated heterocycles. The minimum Gasteiger partial charge on any atom is -0.382 e. The maximum atomic E-state index is 11.9. The van der Waals surface area contributed by atoms with Gasteiger partial charge in [-0.25, -0.2) is 0 Å². The van der Waals surface area contributed by atoms with E-state index in [4.69, 9.17) is 9.47 Å². The summed E-state index contributed by atoms with van der Waals surface area (Å²) in [5.74, 6) is -0.0651. The van der Waals surface area contributed by atoms with Gasteiger partial charge in [-0.3, -0.25) is 4.79 Å². The van der Waals surface area contributed by atoms with Gasteiger partial charge in [0.05, 0.1) is 18.8 Å². The second-order valence-electron chi connectivity index (χ2n) is 4.19. The van der Waals surface area contributed by atoms with Crippen LogP contribution < -0.4 is 5.32 Å². The van der Waals surface area contributed by atoms with Gasteiger partial charge in [0.1, 0.15) is 0 Å². The first kappa shape index (κ1) is 17.6. The molecule has 0 unspecified atom stereocenters. The minimum absolute atomic E-state index is 0.0651. The van der Waals surface area contributed by atoms with Crippen LogP contribution in [-0.2, 0) is 9.47 Å². The van der Waals surface area contributed by atoms with Crippen LogP contribution in [0.3, 0.4) is 0 Å². The first-order valence-corrected chi connectivity index (χ1v) is 8.03. The van der Waals surface area contributed by atoms with E-state index in [1.807, 2.05) is 12.1 Å². The number of unbranched alkanes of at least 4 members (excludes halogenated alkanes) is 1. The largest absolute Gasteiger partial charge is 0.382 e. The zero-order valence-corrected chi connectivity index (χ0v) is 14.6. The summed E-state index contributed by atoms with van der Waals surface area (Å²) >= 11 is 6.74. The van der Waals surface area contributed by atoms with Crippen LogP contribution in [0, 0.1) is 0 Å². The van der Waals surface area contributed by atoms with Crippen LogP contribution >= 0.6 is 31.9 Å². The van der Waals surface area contributed by atoms with Crippen LogP contribution in [0.1, 0.15) is 23.2 Å². The molecule has 1 amide bonds. The average Bonchev–Trinajstić information content (AvgIpc) is 2.41. The van der Waals surface area contributed by atoms with E-state index in [1.54, 1.807) is 13.2 Å². The van der Waals surface area contributed by atoms with Gasteiger partial charge in [-0.05, 0) is 47.0 Å². The molecule has 0 heterocycles. The molecule has 0 radical (unpaired) electrons. The summed E-state index contributed by atoms with van der Waals surface area (Å²) in [5, 5.41) is 2.90. The first-order chi connectivity index (χ1) is 9.65. The van der Waals surface area contributed by atoms with Gasteiger partial charge in [0.15, 0.2) is 0 Å². The molecule has 4 nitrogen and oxygen atoms in total. The number of nitrogens with one attached hydrogen (secondary N) is 1. The van der Waals surface area contributed by atoms with E-state index in [0.717, 1.165) is 21.8 Å². The fourth-order valence-corrected chi connectivity index (χ4v) is 2.77. The summed E-state index contributed by atoms with van der Waals surface area (Å²) in [6.07, 6.45) is 1.82. The second-order valence-corrected chi connectivity index (χ2v) is 5.96. The zero-order valence-electron chi connectivity index (χ0n) is 11.5. The van der Waals surface area contributed by atoms with Crippen molar-refractivity contribution >= 4 is 37.8 Å². The molecule has 0 aliphatic carbocycles. The van der Waals surface area contributed by atoms with Crippen LogP contribution in [0.15, 0.2) is 27.1 Å². The highest BCUT2D eigenvalue weighted by Crippen LogP contribution is 2.21. The molecule has 1 aromatic carbocycles. The lowest BCUT2D eigenvalue weighted by Crippen LogP contribution is -2.25. The van der Waals surface area contributed by atoms with E-state index < -0.39 is 0 Å². The Morgan fingerprint density at radius 2 is 2.00 bits per heavy atom. The Hall–Kier alpha value is -0.430. The van der Waals surface area contributed by atoms with Crippen molar-refractivity contribution in [3.05, 3.63) is 32.7 Å². The molecule has 0 fully saturated rings. The summed E-state index contributed by atoms with van der Waals surface area (Å²) < 4.78 is 12.0. The summed E-state index contributed by atoms with van der Waals surface area (Å²) in [7, 11) is 1.65. The number of ether oxygens (including phenoxy) is 2. The van der Waals surface area contributed by atoms with E-state index in [-0.39, 0.29) is 5.91 Å². The lowest BCUT2D eigenvalue weighted by atomic mass is 10.2. The topological polar surface area (TPSA) is 47.6 Å².